The van der Waals surface area contributed by atoms with Crippen LogP contribution in [-0.2, 0) is 9.59 Å². The van der Waals surface area contributed by atoms with Crippen molar-refractivity contribution in [3.63, 3.8) is 0 Å². The number of nitrogens with one attached hydrogen (secondary N) is 1. The van der Waals surface area contributed by atoms with E-state index in [0.717, 1.165) is 51.3 Å². The molecule has 9 heteroatoms. The molecular formula is C27H34FN5O2S. The third-order valence-corrected chi connectivity index (χ3v) is 7.32. The van der Waals surface area contributed by atoms with E-state index in [-0.39, 0.29) is 24.1 Å². The summed E-state index contributed by atoms with van der Waals surface area (Å²) >= 11 is 5.77. The monoisotopic (exact) mass is 511 g/mol. The van der Waals surface area contributed by atoms with Gasteiger partial charge in [0.25, 0.3) is 5.91 Å². The molecule has 2 amide bonds. The Morgan fingerprint density at radius 1 is 1.00 bits per heavy atom. The predicted molar refractivity (Wildman–Crippen MR) is 145 cm³/mol. The van der Waals surface area contributed by atoms with Crippen molar-refractivity contribution >= 4 is 40.5 Å². The van der Waals surface area contributed by atoms with Crippen molar-refractivity contribution in [1.82, 2.24) is 14.7 Å². The molecule has 0 saturated carbocycles. The van der Waals surface area contributed by atoms with Crippen molar-refractivity contribution in [1.29, 1.82) is 0 Å². The minimum Gasteiger partial charge on any atom is -0.336 e. The Hall–Kier alpha value is -2.88. The van der Waals surface area contributed by atoms with E-state index < -0.39 is 6.04 Å². The van der Waals surface area contributed by atoms with Gasteiger partial charge in [0, 0.05) is 38.4 Å². The predicted octanol–water partition coefficient (Wildman–Crippen LogP) is 3.49. The number of amides is 2. The number of halogens is 1. The van der Waals surface area contributed by atoms with E-state index in [2.05, 4.69) is 22.0 Å². The largest absolute Gasteiger partial charge is 0.336 e. The van der Waals surface area contributed by atoms with Crippen LogP contribution in [0.15, 0.2) is 48.5 Å². The topological polar surface area (TPSA) is 59.1 Å². The molecule has 2 aromatic rings. The highest BCUT2D eigenvalue weighted by molar-refractivity contribution is 7.80. The highest BCUT2D eigenvalue weighted by Crippen LogP contribution is 2.28. The van der Waals surface area contributed by atoms with E-state index in [0.29, 0.717) is 23.0 Å². The third kappa shape index (κ3) is 6.27. The molecule has 0 aliphatic carbocycles. The lowest BCUT2D eigenvalue weighted by Crippen LogP contribution is -2.47. The molecule has 7 nitrogen and oxygen atoms in total. The van der Waals surface area contributed by atoms with Gasteiger partial charge in [0.2, 0.25) is 5.91 Å². The quantitative estimate of drug-likeness (QED) is 0.520. The summed E-state index contributed by atoms with van der Waals surface area (Å²) in [6.07, 6.45) is 0.811. The first-order chi connectivity index (χ1) is 17.4. The summed E-state index contributed by atoms with van der Waals surface area (Å²) in [6, 6.07) is 12.6. The molecule has 36 heavy (non-hydrogen) atoms. The first-order valence-electron chi connectivity index (χ1n) is 12.6. The Bertz CT molecular complexity index is 1070. The maximum atomic E-state index is 13.5. The Morgan fingerprint density at radius 2 is 1.64 bits per heavy atom. The van der Waals surface area contributed by atoms with Gasteiger partial charge in [-0.05, 0) is 75.1 Å². The lowest BCUT2D eigenvalue weighted by molar-refractivity contribution is -0.124. The van der Waals surface area contributed by atoms with Crippen molar-refractivity contribution in [2.45, 2.75) is 32.7 Å². The molecular weight excluding hydrogens is 477 g/mol. The fraction of sp³-hybridized carbons (Fsp3) is 0.444. The fourth-order valence-electron chi connectivity index (χ4n) is 4.73. The van der Waals surface area contributed by atoms with Gasteiger partial charge in [-0.15, -0.1) is 0 Å². The molecule has 0 radical (unpaired) electrons. The zero-order chi connectivity index (χ0) is 25.7. The number of carbonyl (C=O) groups excluding carboxylic acids is 2. The summed E-state index contributed by atoms with van der Waals surface area (Å²) < 4.78 is 13.2. The second-order valence-electron chi connectivity index (χ2n) is 9.39. The SMILES string of the molecule is CCN1CCN(CCCN2C(=S)N(c3ccc(C)cc3)C(=O)[C@@H]2CC(=O)Nc2ccc(F)cc2)CC1. The molecule has 0 spiro atoms. The van der Waals surface area contributed by atoms with Gasteiger partial charge in [-0.1, -0.05) is 24.6 Å². The van der Waals surface area contributed by atoms with Crippen LogP contribution in [-0.4, -0.2) is 83.5 Å². The van der Waals surface area contributed by atoms with Crippen LogP contribution in [0.1, 0.15) is 25.3 Å². The number of carbonyl (C=O) groups is 2. The van der Waals surface area contributed by atoms with Gasteiger partial charge in [-0.3, -0.25) is 14.5 Å². The summed E-state index contributed by atoms with van der Waals surface area (Å²) in [6.45, 7) is 11.0. The molecule has 0 bridgehead atoms. The Morgan fingerprint density at radius 3 is 2.28 bits per heavy atom. The summed E-state index contributed by atoms with van der Waals surface area (Å²) in [5.41, 5.74) is 2.28. The third-order valence-electron chi connectivity index (χ3n) is 6.90. The molecule has 2 aliphatic heterocycles. The Balaban J connectivity index is 1.44. The normalized spacial score (nSPS) is 19.2. The molecule has 2 aromatic carbocycles. The van der Waals surface area contributed by atoms with Crippen molar-refractivity contribution in [3.05, 3.63) is 59.9 Å². The van der Waals surface area contributed by atoms with Crippen molar-refractivity contribution < 1.29 is 14.0 Å². The smallest absolute Gasteiger partial charge is 0.256 e. The highest BCUT2D eigenvalue weighted by Gasteiger charge is 2.43. The first-order valence-corrected chi connectivity index (χ1v) is 13.0. The zero-order valence-corrected chi connectivity index (χ0v) is 21.8. The van der Waals surface area contributed by atoms with Gasteiger partial charge in [0.15, 0.2) is 5.11 Å². The summed E-state index contributed by atoms with van der Waals surface area (Å²) in [4.78, 5) is 34.7. The molecule has 1 atom stereocenters. The van der Waals surface area contributed by atoms with Crippen molar-refractivity contribution in [2.24, 2.45) is 0 Å². The molecule has 2 fully saturated rings. The van der Waals surface area contributed by atoms with E-state index in [1.807, 2.05) is 36.1 Å². The van der Waals surface area contributed by atoms with Crippen LogP contribution >= 0.6 is 12.2 Å². The second kappa shape index (κ2) is 11.9. The minimum atomic E-state index is -0.684. The molecule has 2 aliphatic rings. The van der Waals surface area contributed by atoms with E-state index in [4.69, 9.17) is 12.2 Å². The highest BCUT2D eigenvalue weighted by atomic mass is 32.1. The van der Waals surface area contributed by atoms with Gasteiger partial charge in [0.1, 0.15) is 11.9 Å². The van der Waals surface area contributed by atoms with E-state index in [1.165, 1.54) is 24.3 Å². The Labute approximate surface area is 217 Å². The molecule has 192 valence electrons. The van der Waals surface area contributed by atoms with Crippen LogP contribution in [0, 0.1) is 12.7 Å². The number of hydrogen-bond donors (Lipinski definition) is 1. The molecule has 2 saturated heterocycles. The summed E-state index contributed by atoms with van der Waals surface area (Å²) in [5.74, 6) is -0.885. The maximum Gasteiger partial charge on any atom is 0.256 e. The first kappa shape index (κ1) is 26.2. The average Bonchev–Trinajstić information content (AvgIpc) is 3.10. The summed E-state index contributed by atoms with van der Waals surface area (Å²) in [5, 5.41) is 3.20. The minimum absolute atomic E-state index is 0.0338. The number of likely N-dealkylation sites (N-methyl/N-ethyl adjacent to an activating group) is 1. The lowest BCUT2D eigenvalue weighted by Gasteiger charge is -2.34. The van der Waals surface area contributed by atoms with Gasteiger partial charge in [-0.25, -0.2) is 4.39 Å². The van der Waals surface area contributed by atoms with Gasteiger partial charge in [0.05, 0.1) is 12.1 Å². The van der Waals surface area contributed by atoms with Crippen molar-refractivity contribution in [3.8, 4) is 0 Å². The number of hydrogen-bond acceptors (Lipinski definition) is 5. The van der Waals surface area contributed by atoms with Crippen LogP contribution in [0.2, 0.25) is 0 Å². The molecule has 0 aromatic heterocycles. The number of nitrogens with zero attached hydrogens (tertiary/aromatic N) is 4. The lowest BCUT2D eigenvalue weighted by atomic mass is 10.1. The fourth-order valence-corrected chi connectivity index (χ4v) is 5.15. The number of thiocarbonyl (C=S) groups is 1. The average molecular weight is 512 g/mol. The second-order valence-corrected chi connectivity index (χ2v) is 9.75. The van der Waals surface area contributed by atoms with Crippen LogP contribution < -0.4 is 10.2 Å². The number of rotatable bonds is 9. The van der Waals surface area contributed by atoms with Crippen LogP contribution in [0.3, 0.4) is 0 Å². The maximum absolute atomic E-state index is 13.5. The molecule has 1 N–H and O–H groups in total. The standard InChI is InChI=1S/C27H34FN5O2S/c1-3-30-15-17-31(18-16-30)13-4-14-32-24(19-25(34)29-22-9-7-21(28)8-10-22)26(35)33(27(32)36)23-11-5-20(2)6-12-23/h5-12,24H,3-4,13-19H2,1-2H3,(H,29,34)/t24-/m0/s1. The number of aryl methyl sites for hydroxylation is 1. The molecule has 4 rings (SSSR count). The van der Waals surface area contributed by atoms with Gasteiger partial charge in [-0.2, -0.15) is 0 Å². The number of piperazine rings is 1. The van der Waals surface area contributed by atoms with Gasteiger partial charge < -0.3 is 20.0 Å². The van der Waals surface area contributed by atoms with E-state index in [1.54, 1.807) is 4.90 Å². The zero-order valence-electron chi connectivity index (χ0n) is 21.0. The number of benzene rings is 2. The molecule has 2 heterocycles. The van der Waals surface area contributed by atoms with E-state index in [9.17, 15) is 14.0 Å². The molecule has 0 unspecified atom stereocenters. The van der Waals surface area contributed by atoms with Crippen molar-refractivity contribution in [2.75, 3.05) is 56.0 Å². The summed E-state index contributed by atoms with van der Waals surface area (Å²) in [7, 11) is 0. The van der Waals surface area contributed by atoms with E-state index >= 15 is 0 Å². The van der Waals surface area contributed by atoms with Crippen LogP contribution in [0.4, 0.5) is 15.8 Å². The Kier molecular flexibility index (Phi) is 8.66. The number of anilines is 2. The van der Waals surface area contributed by atoms with Crippen LogP contribution in [0.25, 0.3) is 0 Å². The van der Waals surface area contributed by atoms with Crippen LogP contribution in [0.5, 0.6) is 0 Å². The van der Waals surface area contributed by atoms with Gasteiger partial charge >= 0.3 is 0 Å².